The molecular formula is C20H23NO4. The van der Waals surface area contributed by atoms with Crippen molar-refractivity contribution in [3.63, 3.8) is 0 Å². The molecule has 0 unspecified atom stereocenters. The molecule has 1 atom stereocenters. The largest absolute Gasteiger partial charge is 0.484 e. The number of ether oxygens (including phenoxy) is 2. The van der Waals surface area contributed by atoms with Crippen LogP contribution in [0.1, 0.15) is 40.0 Å². The molecule has 2 rings (SSSR count). The molecule has 0 saturated carbocycles. The predicted octanol–water partition coefficient (Wildman–Crippen LogP) is 3.35. The van der Waals surface area contributed by atoms with E-state index in [1.807, 2.05) is 19.1 Å². The molecule has 1 N–H and O–H groups in total. The van der Waals surface area contributed by atoms with Gasteiger partial charge in [0.25, 0.3) is 5.91 Å². The molecule has 0 aliphatic heterocycles. The summed E-state index contributed by atoms with van der Waals surface area (Å²) < 4.78 is 10.1. The molecule has 0 radical (unpaired) electrons. The maximum Gasteiger partial charge on any atom is 0.337 e. The number of benzene rings is 2. The number of rotatable bonds is 6. The van der Waals surface area contributed by atoms with E-state index in [0.717, 1.165) is 5.56 Å². The van der Waals surface area contributed by atoms with Crippen molar-refractivity contribution in [1.82, 2.24) is 5.32 Å². The van der Waals surface area contributed by atoms with E-state index in [0.29, 0.717) is 11.3 Å². The highest BCUT2D eigenvalue weighted by Gasteiger charge is 2.11. The van der Waals surface area contributed by atoms with Crippen molar-refractivity contribution in [2.24, 2.45) is 0 Å². The van der Waals surface area contributed by atoms with E-state index in [4.69, 9.17) is 4.74 Å². The fraction of sp³-hybridized carbons (Fsp3) is 0.300. The minimum Gasteiger partial charge on any atom is -0.484 e. The van der Waals surface area contributed by atoms with Gasteiger partial charge < -0.3 is 14.8 Å². The summed E-state index contributed by atoms with van der Waals surface area (Å²) in [6.45, 7) is 5.95. The van der Waals surface area contributed by atoms with Crippen LogP contribution in [0.2, 0.25) is 0 Å². The summed E-state index contributed by atoms with van der Waals surface area (Å²) in [7, 11) is 1.33. The van der Waals surface area contributed by atoms with Gasteiger partial charge in [-0.05, 0) is 61.7 Å². The van der Waals surface area contributed by atoms with Crippen LogP contribution in [0.15, 0.2) is 42.5 Å². The highest BCUT2D eigenvalue weighted by atomic mass is 16.5. The van der Waals surface area contributed by atoms with Crippen molar-refractivity contribution in [1.29, 1.82) is 0 Å². The lowest BCUT2D eigenvalue weighted by Crippen LogP contribution is -2.31. The lowest BCUT2D eigenvalue weighted by Gasteiger charge is -2.16. The molecular weight excluding hydrogens is 318 g/mol. The Morgan fingerprint density at radius 1 is 1.04 bits per heavy atom. The summed E-state index contributed by atoms with van der Waals surface area (Å²) in [6, 6.07) is 12.5. The van der Waals surface area contributed by atoms with Crippen LogP contribution in [-0.4, -0.2) is 25.6 Å². The second-order valence-electron chi connectivity index (χ2n) is 5.94. The molecule has 1 amide bonds. The average Bonchev–Trinajstić information content (AvgIpc) is 2.62. The monoisotopic (exact) mass is 341 g/mol. The number of carbonyl (C=O) groups is 2. The molecule has 5 heteroatoms. The van der Waals surface area contributed by atoms with Gasteiger partial charge >= 0.3 is 5.97 Å². The van der Waals surface area contributed by atoms with Gasteiger partial charge in [0.05, 0.1) is 18.7 Å². The van der Waals surface area contributed by atoms with Gasteiger partial charge in [-0.25, -0.2) is 4.79 Å². The quantitative estimate of drug-likeness (QED) is 0.819. The summed E-state index contributed by atoms with van der Waals surface area (Å²) in [5.41, 5.74) is 3.91. The third-order valence-electron chi connectivity index (χ3n) is 4.05. The van der Waals surface area contributed by atoms with Crippen molar-refractivity contribution >= 4 is 11.9 Å². The van der Waals surface area contributed by atoms with Gasteiger partial charge in [0.15, 0.2) is 6.61 Å². The highest BCUT2D eigenvalue weighted by molar-refractivity contribution is 5.89. The number of carbonyl (C=O) groups excluding carboxylic acids is 2. The normalized spacial score (nSPS) is 11.5. The number of nitrogens with one attached hydrogen (secondary N) is 1. The van der Waals surface area contributed by atoms with E-state index in [-0.39, 0.29) is 18.6 Å². The van der Waals surface area contributed by atoms with Crippen LogP contribution >= 0.6 is 0 Å². The molecule has 25 heavy (non-hydrogen) atoms. The zero-order valence-electron chi connectivity index (χ0n) is 15.0. The van der Waals surface area contributed by atoms with E-state index in [2.05, 4.69) is 30.0 Å². The van der Waals surface area contributed by atoms with E-state index in [1.165, 1.54) is 18.2 Å². The maximum absolute atomic E-state index is 12.1. The van der Waals surface area contributed by atoms with Crippen molar-refractivity contribution in [2.45, 2.75) is 26.8 Å². The van der Waals surface area contributed by atoms with Crippen LogP contribution in [0.3, 0.4) is 0 Å². The van der Waals surface area contributed by atoms with Gasteiger partial charge in [-0.15, -0.1) is 0 Å². The van der Waals surface area contributed by atoms with E-state index >= 15 is 0 Å². The Hall–Kier alpha value is -2.82. The summed E-state index contributed by atoms with van der Waals surface area (Å²) in [5, 5.41) is 2.91. The predicted molar refractivity (Wildman–Crippen MR) is 95.8 cm³/mol. The molecule has 0 saturated heterocycles. The lowest BCUT2D eigenvalue weighted by atomic mass is 10.0. The fourth-order valence-corrected chi connectivity index (χ4v) is 2.35. The molecule has 2 aromatic carbocycles. The Bertz CT molecular complexity index is 753. The number of hydrogen-bond donors (Lipinski definition) is 1. The van der Waals surface area contributed by atoms with Gasteiger partial charge in [-0.3, -0.25) is 4.79 Å². The first-order chi connectivity index (χ1) is 11.9. The molecule has 0 aromatic heterocycles. The van der Waals surface area contributed by atoms with Gasteiger partial charge in [0.1, 0.15) is 5.75 Å². The minimum atomic E-state index is -0.411. The Kier molecular flexibility index (Phi) is 6.17. The molecule has 0 aliphatic rings. The highest BCUT2D eigenvalue weighted by Crippen LogP contribution is 2.17. The molecule has 0 heterocycles. The summed E-state index contributed by atoms with van der Waals surface area (Å²) in [5.74, 6) is -0.101. The Morgan fingerprint density at radius 2 is 1.72 bits per heavy atom. The van der Waals surface area contributed by atoms with E-state index < -0.39 is 5.97 Å². The number of hydrogen-bond acceptors (Lipinski definition) is 4. The van der Waals surface area contributed by atoms with Crippen molar-refractivity contribution in [3.05, 3.63) is 64.7 Å². The smallest absolute Gasteiger partial charge is 0.337 e. The molecule has 0 fully saturated rings. The third-order valence-corrected chi connectivity index (χ3v) is 4.05. The lowest BCUT2D eigenvalue weighted by molar-refractivity contribution is -0.123. The molecule has 132 valence electrons. The van der Waals surface area contributed by atoms with Crippen molar-refractivity contribution in [3.8, 4) is 5.75 Å². The summed E-state index contributed by atoms with van der Waals surface area (Å²) in [6.07, 6.45) is 0. The zero-order valence-corrected chi connectivity index (χ0v) is 15.0. The molecule has 0 spiro atoms. The summed E-state index contributed by atoms with van der Waals surface area (Å²) >= 11 is 0. The van der Waals surface area contributed by atoms with Crippen molar-refractivity contribution in [2.75, 3.05) is 13.7 Å². The molecule has 2 aromatic rings. The number of esters is 1. The number of amides is 1. The molecule has 0 bridgehead atoms. The third kappa shape index (κ3) is 5.08. The fourth-order valence-electron chi connectivity index (χ4n) is 2.35. The van der Waals surface area contributed by atoms with Crippen molar-refractivity contribution < 1.29 is 19.1 Å². The second-order valence-corrected chi connectivity index (χ2v) is 5.94. The van der Waals surface area contributed by atoms with Gasteiger partial charge in [0.2, 0.25) is 0 Å². The molecule has 5 nitrogen and oxygen atoms in total. The van der Waals surface area contributed by atoms with Gasteiger partial charge in [0, 0.05) is 0 Å². The standard InChI is InChI=1S/C20H23NO4/c1-13-5-6-17(11-14(13)2)15(3)21-19(22)12-25-18-9-7-16(8-10-18)20(23)24-4/h5-11,15H,12H2,1-4H3,(H,21,22)/t15-/m0/s1. The first kappa shape index (κ1) is 18.5. The first-order valence-electron chi connectivity index (χ1n) is 8.08. The van der Waals surface area contributed by atoms with Crippen LogP contribution in [0.25, 0.3) is 0 Å². The van der Waals surface area contributed by atoms with Crippen LogP contribution in [0.4, 0.5) is 0 Å². The SMILES string of the molecule is COC(=O)c1ccc(OCC(=O)N[C@@H](C)c2ccc(C)c(C)c2)cc1. The Balaban J connectivity index is 1.87. The maximum atomic E-state index is 12.1. The summed E-state index contributed by atoms with van der Waals surface area (Å²) in [4.78, 5) is 23.4. The van der Waals surface area contributed by atoms with E-state index in [9.17, 15) is 9.59 Å². The van der Waals surface area contributed by atoms with E-state index in [1.54, 1.807) is 24.3 Å². The number of methoxy groups -OCH3 is 1. The zero-order chi connectivity index (χ0) is 18.4. The minimum absolute atomic E-state index is 0.0905. The second kappa shape index (κ2) is 8.33. The Morgan fingerprint density at radius 3 is 2.32 bits per heavy atom. The van der Waals surface area contributed by atoms with Crippen LogP contribution in [0, 0.1) is 13.8 Å². The topological polar surface area (TPSA) is 64.6 Å². The average molecular weight is 341 g/mol. The van der Waals surface area contributed by atoms with Gasteiger partial charge in [-0.2, -0.15) is 0 Å². The molecule has 0 aliphatic carbocycles. The Labute approximate surface area is 148 Å². The van der Waals surface area contributed by atoms with Crippen LogP contribution < -0.4 is 10.1 Å². The first-order valence-corrected chi connectivity index (χ1v) is 8.08. The van der Waals surface area contributed by atoms with Crippen LogP contribution in [-0.2, 0) is 9.53 Å². The number of aryl methyl sites for hydroxylation is 2. The van der Waals surface area contributed by atoms with Crippen LogP contribution in [0.5, 0.6) is 5.75 Å². The van der Waals surface area contributed by atoms with Gasteiger partial charge in [-0.1, -0.05) is 18.2 Å².